The van der Waals surface area contributed by atoms with Crippen LogP contribution >= 0.6 is 11.6 Å². The summed E-state index contributed by atoms with van der Waals surface area (Å²) in [5.74, 6) is 0.860. The summed E-state index contributed by atoms with van der Waals surface area (Å²) in [6.45, 7) is 2.65. The van der Waals surface area contributed by atoms with E-state index in [4.69, 9.17) is 16.0 Å². The van der Waals surface area contributed by atoms with Gasteiger partial charge in [0.05, 0.1) is 12.7 Å². The summed E-state index contributed by atoms with van der Waals surface area (Å²) in [6, 6.07) is 7.81. The molecule has 0 aliphatic rings. The number of carbonyl (C=O) groups excluding carboxylic acids is 1. The maximum absolute atomic E-state index is 13.5. The van der Waals surface area contributed by atoms with E-state index < -0.39 is 5.82 Å². The molecule has 0 radical (unpaired) electrons. The summed E-state index contributed by atoms with van der Waals surface area (Å²) < 4.78 is 19.0. The minimum Gasteiger partial charge on any atom is -0.460 e. The molecule has 1 amide bonds. The van der Waals surface area contributed by atoms with Crippen molar-refractivity contribution in [3.8, 4) is 0 Å². The third-order valence-corrected chi connectivity index (χ3v) is 3.17. The maximum Gasteiger partial charge on any atom is 0.279 e. The third-order valence-electron chi connectivity index (χ3n) is 2.94. The molecule has 1 aromatic heterocycles. The van der Waals surface area contributed by atoms with E-state index >= 15 is 0 Å². The molecule has 0 bridgehead atoms. The Morgan fingerprint density at radius 1 is 1.38 bits per heavy atom. The van der Waals surface area contributed by atoms with Crippen molar-refractivity contribution in [3.63, 3.8) is 0 Å². The van der Waals surface area contributed by atoms with Crippen LogP contribution in [0.3, 0.4) is 0 Å². The van der Waals surface area contributed by atoms with E-state index in [9.17, 15) is 9.18 Å². The van der Waals surface area contributed by atoms with Gasteiger partial charge in [0.2, 0.25) is 0 Å². The first-order chi connectivity index (χ1) is 9.94. The highest BCUT2D eigenvalue weighted by molar-refractivity contribution is 6.30. The number of halogens is 2. The molecule has 2 aromatic rings. The van der Waals surface area contributed by atoms with Crippen LogP contribution in [-0.4, -0.2) is 19.5 Å². The van der Waals surface area contributed by atoms with Crippen LogP contribution in [0.5, 0.6) is 0 Å². The molecule has 0 spiro atoms. The van der Waals surface area contributed by atoms with Gasteiger partial charge in [0.15, 0.2) is 12.3 Å². The van der Waals surface area contributed by atoms with Crippen LogP contribution in [0.2, 0.25) is 5.02 Å². The number of carbonyl (C=O) groups is 1. The molecule has 1 unspecified atom stereocenters. The monoisotopic (exact) mass is 311 g/mol. The molecule has 1 aromatic carbocycles. The Bertz CT molecular complexity index is 642. The zero-order chi connectivity index (χ0) is 15.4. The van der Waals surface area contributed by atoms with Gasteiger partial charge in [0.25, 0.3) is 5.91 Å². The normalized spacial score (nSPS) is 12.2. The van der Waals surface area contributed by atoms with Gasteiger partial charge in [-0.05, 0) is 37.3 Å². The van der Waals surface area contributed by atoms with Crippen molar-refractivity contribution >= 4 is 23.2 Å². The first kappa shape index (κ1) is 15.5. The van der Waals surface area contributed by atoms with Crippen molar-refractivity contribution in [2.45, 2.75) is 13.5 Å². The number of amides is 1. The van der Waals surface area contributed by atoms with Crippen LogP contribution in [-0.2, 0) is 11.3 Å². The molecule has 2 N–H and O–H groups in total. The van der Waals surface area contributed by atoms with Gasteiger partial charge in [0, 0.05) is 5.02 Å². The van der Waals surface area contributed by atoms with Gasteiger partial charge in [-0.25, -0.2) is 4.39 Å². The highest BCUT2D eigenvalue weighted by Gasteiger charge is 2.14. The second-order valence-electron chi connectivity index (χ2n) is 5.00. The smallest absolute Gasteiger partial charge is 0.279 e. The lowest BCUT2D eigenvalue weighted by Gasteiger charge is -2.13. The van der Waals surface area contributed by atoms with E-state index in [2.05, 4.69) is 5.32 Å². The van der Waals surface area contributed by atoms with E-state index in [-0.39, 0.29) is 18.1 Å². The number of furan rings is 1. The molecule has 6 heteroatoms. The number of benzene rings is 1. The number of hydrogen-bond acceptors (Lipinski definition) is 2. The Labute approximate surface area is 127 Å². The van der Waals surface area contributed by atoms with E-state index in [0.29, 0.717) is 11.6 Å². The predicted molar refractivity (Wildman–Crippen MR) is 78.9 cm³/mol. The standard InChI is InChI=1S/C15H16ClFN2O2/c1-10-3-5-12(21-10)8-19(2)9-15(20)18-14-7-11(16)4-6-13(14)17/h3-7H,8-9H2,1-2H3,(H,18,20)/p+1. The molecular formula is C15H17ClFN2O2+. The summed E-state index contributed by atoms with van der Waals surface area (Å²) in [6.07, 6.45) is 0. The molecule has 0 aliphatic carbocycles. The zero-order valence-electron chi connectivity index (χ0n) is 11.9. The topological polar surface area (TPSA) is 46.7 Å². The Balaban J connectivity index is 1.90. The van der Waals surface area contributed by atoms with Gasteiger partial charge in [-0.2, -0.15) is 0 Å². The fourth-order valence-corrected chi connectivity index (χ4v) is 2.17. The second-order valence-corrected chi connectivity index (χ2v) is 5.43. The van der Waals surface area contributed by atoms with E-state index in [1.54, 1.807) is 0 Å². The number of quaternary nitrogens is 1. The molecule has 0 aliphatic heterocycles. The lowest BCUT2D eigenvalue weighted by Crippen LogP contribution is -3.08. The quantitative estimate of drug-likeness (QED) is 0.887. The van der Waals surface area contributed by atoms with Crippen molar-refractivity contribution in [2.24, 2.45) is 0 Å². The number of anilines is 1. The summed E-state index contributed by atoms with van der Waals surface area (Å²) in [5, 5.41) is 2.90. The Morgan fingerprint density at radius 3 is 2.81 bits per heavy atom. The van der Waals surface area contributed by atoms with E-state index in [1.165, 1.54) is 18.2 Å². The third kappa shape index (κ3) is 4.58. The van der Waals surface area contributed by atoms with Crippen LogP contribution < -0.4 is 10.2 Å². The van der Waals surface area contributed by atoms with Crippen LogP contribution in [0.1, 0.15) is 11.5 Å². The lowest BCUT2D eigenvalue weighted by molar-refractivity contribution is -0.886. The number of nitrogens with one attached hydrogen (secondary N) is 2. The first-order valence-corrected chi connectivity index (χ1v) is 6.93. The molecule has 0 fully saturated rings. The predicted octanol–water partition coefficient (Wildman–Crippen LogP) is 2.03. The molecule has 4 nitrogen and oxygen atoms in total. The summed E-state index contributed by atoms with van der Waals surface area (Å²) >= 11 is 5.78. The van der Waals surface area contributed by atoms with Crippen LogP contribution in [0.25, 0.3) is 0 Å². The van der Waals surface area contributed by atoms with Gasteiger partial charge >= 0.3 is 0 Å². The Hall–Kier alpha value is -1.85. The largest absolute Gasteiger partial charge is 0.460 e. The molecule has 1 heterocycles. The van der Waals surface area contributed by atoms with Gasteiger partial charge in [0.1, 0.15) is 18.1 Å². The molecule has 1 atom stereocenters. The molecular weight excluding hydrogens is 295 g/mol. The highest BCUT2D eigenvalue weighted by atomic mass is 35.5. The minimum absolute atomic E-state index is 0.0918. The molecule has 21 heavy (non-hydrogen) atoms. The Morgan fingerprint density at radius 2 is 2.14 bits per heavy atom. The van der Waals surface area contributed by atoms with Crippen LogP contribution in [0.15, 0.2) is 34.7 Å². The van der Waals surface area contributed by atoms with E-state index in [0.717, 1.165) is 16.4 Å². The summed E-state index contributed by atoms with van der Waals surface area (Å²) in [5.41, 5.74) is 0.0918. The number of aryl methyl sites for hydroxylation is 1. The lowest BCUT2D eigenvalue weighted by atomic mass is 10.3. The van der Waals surface area contributed by atoms with Crippen LogP contribution in [0, 0.1) is 12.7 Å². The molecule has 0 saturated carbocycles. The van der Waals surface area contributed by atoms with Crippen molar-refractivity contribution in [2.75, 3.05) is 18.9 Å². The van der Waals surface area contributed by atoms with Crippen molar-refractivity contribution in [3.05, 3.63) is 52.7 Å². The number of rotatable bonds is 5. The van der Waals surface area contributed by atoms with Gasteiger partial charge in [-0.15, -0.1) is 0 Å². The summed E-state index contributed by atoms with van der Waals surface area (Å²) in [4.78, 5) is 12.8. The van der Waals surface area contributed by atoms with Gasteiger partial charge in [-0.1, -0.05) is 11.6 Å². The van der Waals surface area contributed by atoms with Crippen LogP contribution in [0.4, 0.5) is 10.1 Å². The van der Waals surface area contributed by atoms with Crippen molar-refractivity contribution < 1.29 is 18.5 Å². The average Bonchev–Trinajstić information content (AvgIpc) is 2.79. The average molecular weight is 312 g/mol. The van der Waals surface area contributed by atoms with Crippen molar-refractivity contribution in [1.82, 2.24) is 0 Å². The molecule has 112 valence electrons. The minimum atomic E-state index is -0.507. The summed E-state index contributed by atoms with van der Waals surface area (Å²) in [7, 11) is 1.87. The fraction of sp³-hybridized carbons (Fsp3) is 0.267. The molecule has 0 saturated heterocycles. The number of hydrogen-bond donors (Lipinski definition) is 2. The van der Waals surface area contributed by atoms with Gasteiger partial charge < -0.3 is 14.6 Å². The fourth-order valence-electron chi connectivity index (χ4n) is 2.00. The van der Waals surface area contributed by atoms with Crippen molar-refractivity contribution in [1.29, 1.82) is 0 Å². The van der Waals surface area contributed by atoms with E-state index in [1.807, 2.05) is 26.1 Å². The van der Waals surface area contributed by atoms with Gasteiger partial charge in [-0.3, -0.25) is 4.79 Å². The molecule has 2 rings (SSSR count). The SMILES string of the molecule is Cc1ccc(C[NH+](C)CC(=O)Nc2cc(Cl)ccc2F)o1. The second kappa shape index (κ2) is 6.74. The number of likely N-dealkylation sites (N-methyl/N-ethyl adjacent to an activating group) is 1. The first-order valence-electron chi connectivity index (χ1n) is 6.55. The Kier molecular flexibility index (Phi) is 4.98. The maximum atomic E-state index is 13.5. The zero-order valence-corrected chi connectivity index (χ0v) is 12.6. The highest BCUT2D eigenvalue weighted by Crippen LogP contribution is 2.19.